The van der Waals surface area contributed by atoms with Crippen molar-refractivity contribution < 1.29 is 0 Å². The molecule has 4 aromatic rings. The highest BCUT2D eigenvalue weighted by molar-refractivity contribution is 9.10. The first kappa shape index (κ1) is 15.4. The van der Waals surface area contributed by atoms with E-state index in [-0.39, 0.29) is 5.56 Å². The van der Waals surface area contributed by atoms with Crippen molar-refractivity contribution in [3.63, 3.8) is 0 Å². The number of thioether (sulfide) groups is 1. The van der Waals surface area contributed by atoms with E-state index in [9.17, 15) is 4.79 Å². The Kier molecular flexibility index (Phi) is 4.08. The Hall–Kier alpha value is -2.18. The summed E-state index contributed by atoms with van der Waals surface area (Å²) in [5, 5.41) is 2.04. The van der Waals surface area contributed by atoms with Crippen LogP contribution in [-0.4, -0.2) is 14.4 Å². The Morgan fingerprint density at radius 1 is 1.04 bits per heavy atom. The summed E-state index contributed by atoms with van der Waals surface area (Å²) in [5.74, 6) is 0.604. The molecule has 0 amide bonds. The lowest BCUT2D eigenvalue weighted by molar-refractivity contribution is 1.01. The topological polar surface area (TPSA) is 47.3 Å². The summed E-state index contributed by atoms with van der Waals surface area (Å²) in [4.78, 5) is 21.4. The molecule has 0 fully saturated rings. The van der Waals surface area contributed by atoms with Crippen LogP contribution in [0.4, 0.5) is 0 Å². The van der Waals surface area contributed by atoms with Crippen molar-refractivity contribution in [1.82, 2.24) is 14.4 Å². The molecule has 24 heavy (non-hydrogen) atoms. The average Bonchev–Trinajstić information content (AvgIpc) is 2.60. The zero-order valence-corrected chi connectivity index (χ0v) is 14.9. The fourth-order valence-electron chi connectivity index (χ4n) is 2.48. The number of fused-ring (bicyclic) bond motifs is 2. The molecule has 0 N–H and O–H groups in total. The van der Waals surface area contributed by atoms with Crippen molar-refractivity contribution in [3.05, 3.63) is 81.3 Å². The lowest BCUT2D eigenvalue weighted by atomic mass is 10.2. The highest BCUT2D eigenvalue weighted by atomic mass is 79.9. The van der Waals surface area contributed by atoms with E-state index in [0.717, 1.165) is 26.1 Å². The highest BCUT2D eigenvalue weighted by Gasteiger charge is 2.05. The Bertz CT molecular complexity index is 1110. The quantitative estimate of drug-likeness (QED) is 0.483. The molecule has 3 heterocycles. The largest absolute Gasteiger partial charge is 0.269 e. The van der Waals surface area contributed by atoms with Crippen LogP contribution < -0.4 is 5.56 Å². The Balaban J connectivity index is 1.61. The molecule has 0 saturated heterocycles. The summed E-state index contributed by atoms with van der Waals surface area (Å²) in [6.07, 6.45) is 1.73. The monoisotopic (exact) mass is 397 g/mol. The highest BCUT2D eigenvalue weighted by Crippen LogP contribution is 2.22. The maximum absolute atomic E-state index is 12.2. The molecule has 0 saturated carbocycles. The third-order valence-electron chi connectivity index (χ3n) is 3.62. The number of hydrogen-bond acceptors (Lipinski definition) is 4. The Labute approximate surface area is 150 Å². The third-order valence-corrected chi connectivity index (χ3v) is 5.05. The fourth-order valence-corrected chi connectivity index (χ4v) is 3.58. The van der Waals surface area contributed by atoms with Gasteiger partial charge in [0.2, 0.25) is 0 Å². The second kappa shape index (κ2) is 6.37. The normalized spacial score (nSPS) is 11.2. The van der Waals surface area contributed by atoms with Crippen LogP contribution in [0.1, 0.15) is 5.69 Å². The average molecular weight is 398 g/mol. The number of pyridine rings is 2. The van der Waals surface area contributed by atoms with Crippen LogP contribution in [0, 0.1) is 0 Å². The molecule has 4 rings (SSSR count). The minimum atomic E-state index is -0.0802. The zero-order valence-electron chi connectivity index (χ0n) is 12.5. The van der Waals surface area contributed by atoms with Gasteiger partial charge in [-0.1, -0.05) is 24.3 Å². The smallest absolute Gasteiger partial charge is 0.258 e. The van der Waals surface area contributed by atoms with Crippen LogP contribution in [0.15, 0.2) is 75.1 Å². The van der Waals surface area contributed by atoms with Gasteiger partial charge in [-0.25, -0.2) is 9.97 Å². The van der Waals surface area contributed by atoms with E-state index >= 15 is 0 Å². The molecule has 6 heteroatoms. The van der Waals surface area contributed by atoms with Gasteiger partial charge in [0, 0.05) is 27.9 Å². The van der Waals surface area contributed by atoms with E-state index in [0.29, 0.717) is 11.4 Å². The van der Waals surface area contributed by atoms with Gasteiger partial charge in [0.15, 0.2) is 0 Å². The molecule has 1 aromatic carbocycles. The second-order valence-electron chi connectivity index (χ2n) is 5.29. The molecule has 4 nitrogen and oxygen atoms in total. The van der Waals surface area contributed by atoms with Crippen LogP contribution in [0.25, 0.3) is 16.6 Å². The summed E-state index contributed by atoms with van der Waals surface area (Å²) in [7, 11) is 0. The van der Waals surface area contributed by atoms with Crippen molar-refractivity contribution >= 4 is 44.2 Å². The predicted molar refractivity (Wildman–Crippen MR) is 100 cm³/mol. The van der Waals surface area contributed by atoms with E-state index in [1.807, 2.05) is 42.5 Å². The van der Waals surface area contributed by atoms with Gasteiger partial charge >= 0.3 is 0 Å². The lowest BCUT2D eigenvalue weighted by Crippen LogP contribution is -2.15. The molecule has 0 aliphatic heterocycles. The Morgan fingerprint density at radius 3 is 2.83 bits per heavy atom. The summed E-state index contributed by atoms with van der Waals surface area (Å²) >= 11 is 4.94. The van der Waals surface area contributed by atoms with E-state index < -0.39 is 0 Å². The van der Waals surface area contributed by atoms with Gasteiger partial charge in [0.05, 0.1) is 16.2 Å². The van der Waals surface area contributed by atoms with Gasteiger partial charge in [-0.05, 0) is 40.2 Å². The second-order valence-corrected chi connectivity index (χ2v) is 7.20. The maximum atomic E-state index is 12.2. The van der Waals surface area contributed by atoms with Crippen LogP contribution in [0.2, 0.25) is 0 Å². The van der Waals surface area contributed by atoms with Crippen LogP contribution >= 0.6 is 27.7 Å². The van der Waals surface area contributed by atoms with Crippen molar-refractivity contribution in [1.29, 1.82) is 0 Å². The minimum Gasteiger partial charge on any atom is -0.269 e. The molecule has 0 unspecified atom stereocenters. The number of benzene rings is 1. The fraction of sp³-hybridized carbons (Fsp3) is 0.0556. The van der Waals surface area contributed by atoms with Crippen LogP contribution in [-0.2, 0) is 5.75 Å². The summed E-state index contributed by atoms with van der Waals surface area (Å²) in [6.45, 7) is 0. The van der Waals surface area contributed by atoms with E-state index in [1.54, 1.807) is 24.0 Å². The Morgan fingerprint density at radius 2 is 1.92 bits per heavy atom. The molecular weight excluding hydrogens is 386 g/mol. The molecule has 118 valence electrons. The number of aromatic nitrogens is 3. The minimum absolute atomic E-state index is 0.0802. The molecule has 3 aromatic heterocycles. The molecule has 0 atom stereocenters. The van der Waals surface area contributed by atoms with Gasteiger partial charge in [-0.15, -0.1) is 11.8 Å². The molecule has 0 radical (unpaired) electrons. The summed E-state index contributed by atoms with van der Waals surface area (Å²) < 4.78 is 2.38. The van der Waals surface area contributed by atoms with Gasteiger partial charge in [0.1, 0.15) is 5.65 Å². The van der Waals surface area contributed by atoms with Gasteiger partial charge < -0.3 is 0 Å². The third kappa shape index (κ3) is 3.07. The van der Waals surface area contributed by atoms with Crippen LogP contribution in [0.3, 0.4) is 0 Å². The first-order valence-electron chi connectivity index (χ1n) is 7.35. The predicted octanol–water partition coefficient (Wildman–Crippen LogP) is 4.30. The standard InChI is InChI=1S/C18H12BrN3OS/c19-13-6-7-16-20-14(9-18(23)22(16)10-13)11-24-17-8-5-12-3-1-2-4-15(12)21-17/h1-10H,11H2. The van der Waals surface area contributed by atoms with Gasteiger partial charge in [0.25, 0.3) is 5.56 Å². The van der Waals surface area contributed by atoms with Gasteiger partial charge in [-0.2, -0.15) is 0 Å². The number of hydrogen-bond donors (Lipinski definition) is 0. The molecular formula is C18H12BrN3OS. The number of para-hydroxylation sites is 1. The number of halogens is 1. The van der Waals surface area contributed by atoms with E-state index in [2.05, 4.69) is 32.0 Å². The van der Waals surface area contributed by atoms with Crippen molar-refractivity contribution in [2.24, 2.45) is 0 Å². The summed E-state index contributed by atoms with van der Waals surface area (Å²) in [5.41, 5.74) is 2.29. The first-order valence-corrected chi connectivity index (χ1v) is 9.13. The van der Waals surface area contributed by atoms with Crippen molar-refractivity contribution in [2.45, 2.75) is 10.8 Å². The van der Waals surface area contributed by atoms with Crippen LogP contribution in [0.5, 0.6) is 0 Å². The zero-order chi connectivity index (χ0) is 16.5. The maximum Gasteiger partial charge on any atom is 0.258 e. The van der Waals surface area contributed by atoms with Crippen molar-refractivity contribution in [2.75, 3.05) is 0 Å². The van der Waals surface area contributed by atoms with Crippen molar-refractivity contribution in [3.8, 4) is 0 Å². The molecule has 0 aliphatic rings. The number of nitrogens with zero attached hydrogens (tertiary/aromatic N) is 3. The number of rotatable bonds is 3. The van der Waals surface area contributed by atoms with Gasteiger partial charge in [-0.3, -0.25) is 9.20 Å². The lowest BCUT2D eigenvalue weighted by Gasteiger charge is -2.05. The molecule has 0 aliphatic carbocycles. The SMILES string of the molecule is O=c1cc(CSc2ccc3ccccc3n2)nc2ccc(Br)cn12. The summed E-state index contributed by atoms with van der Waals surface area (Å²) in [6, 6.07) is 17.4. The molecule has 0 bridgehead atoms. The first-order chi connectivity index (χ1) is 11.7. The van der Waals surface area contributed by atoms with E-state index in [1.165, 1.54) is 4.40 Å². The van der Waals surface area contributed by atoms with E-state index in [4.69, 9.17) is 0 Å². The molecule has 0 spiro atoms.